The second-order valence-corrected chi connectivity index (χ2v) is 5.67. The molecule has 0 radical (unpaired) electrons. The van der Waals surface area contributed by atoms with Gasteiger partial charge in [-0.15, -0.1) is 0 Å². The summed E-state index contributed by atoms with van der Waals surface area (Å²) in [6.07, 6.45) is 2.77. The Morgan fingerprint density at radius 2 is 1.89 bits per heavy atom. The number of nitrogens with zero attached hydrogens (tertiary/aromatic N) is 2. The van der Waals surface area contributed by atoms with Gasteiger partial charge in [-0.3, -0.25) is 4.90 Å². The Hall–Kier alpha value is -1.13. The van der Waals surface area contributed by atoms with Gasteiger partial charge in [-0.05, 0) is 36.5 Å². The Kier molecular flexibility index (Phi) is 3.71. The normalized spacial score (nSPS) is 20.8. The van der Waals surface area contributed by atoms with Crippen LogP contribution in [0.1, 0.15) is 18.4 Å². The van der Waals surface area contributed by atoms with Gasteiger partial charge in [0, 0.05) is 32.7 Å². The van der Waals surface area contributed by atoms with Crippen LogP contribution in [-0.4, -0.2) is 42.7 Å². The van der Waals surface area contributed by atoms with Crippen molar-refractivity contribution in [3.8, 4) is 0 Å². The summed E-state index contributed by atoms with van der Waals surface area (Å²) in [6, 6.07) is 5.03. The molecule has 0 bridgehead atoms. The van der Waals surface area contributed by atoms with Crippen molar-refractivity contribution in [2.24, 2.45) is 5.92 Å². The Labute approximate surface area is 113 Å². The number of hydrogen-bond acceptors (Lipinski definition) is 3. The number of benzene rings is 1. The van der Waals surface area contributed by atoms with Crippen LogP contribution in [0.5, 0.6) is 0 Å². The fourth-order valence-electron chi connectivity index (χ4n) is 2.74. The molecule has 2 aliphatic rings. The molecule has 3 rings (SSSR count). The molecule has 4 heteroatoms. The van der Waals surface area contributed by atoms with Crippen LogP contribution in [0.15, 0.2) is 18.2 Å². The molecule has 1 saturated heterocycles. The van der Waals surface area contributed by atoms with Crippen molar-refractivity contribution < 1.29 is 9.50 Å². The molecule has 1 aromatic carbocycles. The summed E-state index contributed by atoms with van der Waals surface area (Å²) in [4.78, 5) is 4.61. The number of hydrogen-bond donors (Lipinski definition) is 1. The van der Waals surface area contributed by atoms with E-state index in [1.54, 1.807) is 12.1 Å². The molecule has 1 aliphatic heterocycles. The topological polar surface area (TPSA) is 26.7 Å². The summed E-state index contributed by atoms with van der Waals surface area (Å²) in [5, 5.41) is 9.00. The van der Waals surface area contributed by atoms with Gasteiger partial charge in [0.15, 0.2) is 0 Å². The van der Waals surface area contributed by atoms with Crippen molar-refractivity contribution in [3.63, 3.8) is 0 Å². The van der Waals surface area contributed by atoms with E-state index in [1.165, 1.54) is 25.5 Å². The second kappa shape index (κ2) is 5.47. The lowest BCUT2D eigenvalue weighted by Gasteiger charge is -2.36. The number of aliphatic hydroxyl groups excluding tert-OH is 1. The van der Waals surface area contributed by atoms with Crippen LogP contribution in [0.4, 0.5) is 10.1 Å². The molecule has 1 N–H and O–H groups in total. The zero-order chi connectivity index (χ0) is 13.2. The fourth-order valence-corrected chi connectivity index (χ4v) is 2.74. The van der Waals surface area contributed by atoms with E-state index in [4.69, 9.17) is 5.11 Å². The maximum atomic E-state index is 14.0. The SMILES string of the molecule is OCc1ccc(N2CCN(CC3CC3)CC2)c(F)c1. The molecule has 3 nitrogen and oxygen atoms in total. The van der Waals surface area contributed by atoms with E-state index in [9.17, 15) is 4.39 Å². The second-order valence-electron chi connectivity index (χ2n) is 5.67. The van der Waals surface area contributed by atoms with Crippen molar-refractivity contribution in [1.29, 1.82) is 0 Å². The van der Waals surface area contributed by atoms with E-state index in [0.717, 1.165) is 32.1 Å². The first-order valence-corrected chi connectivity index (χ1v) is 7.13. The van der Waals surface area contributed by atoms with Crippen LogP contribution in [0, 0.1) is 11.7 Å². The van der Waals surface area contributed by atoms with Gasteiger partial charge in [0.1, 0.15) is 5.82 Å². The molecule has 1 aromatic rings. The van der Waals surface area contributed by atoms with Gasteiger partial charge < -0.3 is 10.0 Å². The number of piperazine rings is 1. The van der Waals surface area contributed by atoms with Crippen molar-refractivity contribution in [1.82, 2.24) is 4.90 Å². The molecule has 1 aliphatic carbocycles. The molecule has 1 saturated carbocycles. The van der Waals surface area contributed by atoms with Gasteiger partial charge in [0.25, 0.3) is 0 Å². The molecule has 0 spiro atoms. The molecule has 104 valence electrons. The molecule has 0 aromatic heterocycles. The standard InChI is InChI=1S/C15H21FN2O/c16-14-9-13(11-19)3-4-15(14)18-7-5-17(6-8-18)10-12-1-2-12/h3-4,9,12,19H,1-2,5-8,10-11H2. The summed E-state index contributed by atoms with van der Waals surface area (Å²) in [5.41, 5.74) is 1.30. The predicted molar refractivity (Wildman–Crippen MR) is 73.7 cm³/mol. The van der Waals surface area contributed by atoms with E-state index in [0.29, 0.717) is 11.3 Å². The van der Waals surface area contributed by atoms with E-state index < -0.39 is 0 Å². The van der Waals surface area contributed by atoms with Gasteiger partial charge >= 0.3 is 0 Å². The van der Waals surface area contributed by atoms with Gasteiger partial charge in [0.2, 0.25) is 0 Å². The maximum Gasteiger partial charge on any atom is 0.146 e. The van der Waals surface area contributed by atoms with Crippen LogP contribution in [-0.2, 0) is 6.61 Å². The summed E-state index contributed by atoms with van der Waals surface area (Å²) in [7, 11) is 0. The number of halogens is 1. The highest BCUT2D eigenvalue weighted by atomic mass is 19.1. The zero-order valence-electron chi connectivity index (χ0n) is 11.2. The Morgan fingerprint density at radius 3 is 2.47 bits per heavy atom. The minimum Gasteiger partial charge on any atom is -0.392 e. The lowest BCUT2D eigenvalue weighted by atomic mass is 10.1. The third-order valence-electron chi connectivity index (χ3n) is 4.12. The van der Waals surface area contributed by atoms with Crippen LogP contribution in [0.25, 0.3) is 0 Å². The van der Waals surface area contributed by atoms with E-state index >= 15 is 0 Å². The maximum absolute atomic E-state index is 14.0. The first kappa shape index (κ1) is 12.9. The van der Waals surface area contributed by atoms with Crippen molar-refractivity contribution in [2.75, 3.05) is 37.6 Å². The number of rotatable bonds is 4. The Balaban J connectivity index is 1.60. The molecular formula is C15H21FN2O. The Morgan fingerprint density at radius 1 is 1.16 bits per heavy atom. The van der Waals surface area contributed by atoms with Crippen LogP contribution in [0.3, 0.4) is 0 Å². The highest BCUT2D eigenvalue weighted by Gasteiger charge is 2.26. The van der Waals surface area contributed by atoms with E-state index in [-0.39, 0.29) is 12.4 Å². The zero-order valence-corrected chi connectivity index (χ0v) is 11.2. The first-order valence-electron chi connectivity index (χ1n) is 7.13. The first-order chi connectivity index (χ1) is 9.26. The predicted octanol–water partition coefficient (Wildman–Crippen LogP) is 1.85. The van der Waals surface area contributed by atoms with Crippen LogP contribution < -0.4 is 4.90 Å². The molecule has 2 fully saturated rings. The van der Waals surface area contributed by atoms with Crippen LogP contribution in [0.2, 0.25) is 0 Å². The average molecular weight is 264 g/mol. The highest BCUT2D eigenvalue weighted by Crippen LogP contribution is 2.30. The number of anilines is 1. The highest BCUT2D eigenvalue weighted by molar-refractivity contribution is 5.49. The quantitative estimate of drug-likeness (QED) is 0.899. The van der Waals surface area contributed by atoms with Gasteiger partial charge in [-0.1, -0.05) is 6.07 Å². The van der Waals surface area contributed by atoms with Crippen LogP contribution >= 0.6 is 0 Å². The molecule has 1 heterocycles. The lowest BCUT2D eigenvalue weighted by Crippen LogP contribution is -2.47. The third-order valence-corrected chi connectivity index (χ3v) is 4.12. The van der Waals surface area contributed by atoms with Crippen molar-refractivity contribution >= 4 is 5.69 Å². The summed E-state index contributed by atoms with van der Waals surface area (Å²) in [6.45, 7) is 4.95. The smallest absolute Gasteiger partial charge is 0.146 e. The van der Waals surface area contributed by atoms with Crippen molar-refractivity contribution in [2.45, 2.75) is 19.4 Å². The lowest BCUT2D eigenvalue weighted by molar-refractivity contribution is 0.247. The minimum atomic E-state index is -0.220. The molecule has 19 heavy (non-hydrogen) atoms. The Bertz CT molecular complexity index is 440. The van der Waals surface area contributed by atoms with Gasteiger partial charge in [-0.25, -0.2) is 4.39 Å². The molecule has 0 unspecified atom stereocenters. The van der Waals surface area contributed by atoms with Gasteiger partial charge in [-0.2, -0.15) is 0 Å². The minimum absolute atomic E-state index is 0.105. The third kappa shape index (κ3) is 3.07. The largest absolute Gasteiger partial charge is 0.392 e. The molecular weight excluding hydrogens is 243 g/mol. The number of aliphatic hydroxyl groups is 1. The van der Waals surface area contributed by atoms with E-state index in [2.05, 4.69) is 9.80 Å². The van der Waals surface area contributed by atoms with Crippen molar-refractivity contribution in [3.05, 3.63) is 29.6 Å². The van der Waals surface area contributed by atoms with Gasteiger partial charge in [0.05, 0.1) is 12.3 Å². The van der Waals surface area contributed by atoms with E-state index in [1.807, 2.05) is 0 Å². The summed E-state index contributed by atoms with van der Waals surface area (Å²) < 4.78 is 14.0. The molecule has 0 amide bonds. The molecule has 0 atom stereocenters. The summed E-state index contributed by atoms with van der Waals surface area (Å²) in [5.74, 6) is 0.703. The monoisotopic (exact) mass is 264 g/mol. The fraction of sp³-hybridized carbons (Fsp3) is 0.600. The summed E-state index contributed by atoms with van der Waals surface area (Å²) >= 11 is 0. The average Bonchev–Trinajstić information content (AvgIpc) is 3.24.